The molecule has 1 aromatic heterocycles. The van der Waals surface area contributed by atoms with Gasteiger partial charge < -0.3 is 24.3 Å². The van der Waals surface area contributed by atoms with Crippen LogP contribution in [-0.4, -0.2) is 83.9 Å². The average Bonchev–Trinajstić information content (AvgIpc) is 3.21. The predicted octanol–water partition coefficient (Wildman–Crippen LogP) is 2.51. The molecular weight excluding hydrogens is 384 g/mol. The van der Waals surface area contributed by atoms with Crippen LogP contribution in [0.3, 0.4) is 0 Å². The zero-order chi connectivity index (χ0) is 21.7. The van der Waals surface area contributed by atoms with Crippen LogP contribution in [0.2, 0.25) is 0 Å². The Morgan fingerprint density at radius 3 is 2.50 bits per heavy atom. The fourth-order valence-electron chi connectivity index (χ4n) is 4.04. The van der Waals surface area contributed by atoms with Crippen molar-refractivity contribution in [1.82, 2.24) is 19.7 Å². The smallest absolute Gasteiger partial charge is 0.410 e. The van der Waals surface area contributed by atoms with Gasteiger partial charge in [-0.3, -0.25) is 9.69 Å². The molecule has 8 nitrogen and oxygen atoms in total. The third-order valence-electron chi connectivity index (χ3n) is 5.75. The molecule has 1 aromatic rings. The number of likely N-dealkylation sites (tertiary alicyclic amines) is 1. The van der Waals surface area contributed by atoms with Crippen molar-refractivity contribution in [3.8, 4) is 0 Å². The quantitative estimate of drug-likeness (QED) is 0.792. The SMILES string of the molecule is CC(CNC(=O)c1cccn1C1CCN(C(=O)OC(C)(C)C)CC1)N1CCOCC1. The van der Waals surface area contributed by atoms with Crippen LogP contribution in [0.1, 0.15) is 57.1 Å². The van der Waals surface area contributed by atoms with Crippen molar-refractivity contribution in [2.45, 2.75) is 58.2 Å². The van der Waals surface area contributed by atoms with Gasteiger partial charge in [0.25, 0.3) is 5.91 Å². The van der Waals surface area contributed by atoms with E-state index in [4.69, 9.17) is 9.47 Å². The summed E-state index contributed by atoms with van der Waals surface area (Å²) in [5, 5.41) is 3.09. The maximum atomic E-state index is 12.8. The summed E-state index contributed by atoms with van der Waals surface area (Å²) in [6.45, 7) is 13.0. The molecule has 0 aromatic carbocycles. The van der Waals surface area contributed by atoms with Gasteiger partial charge in [-0.15, -0.1) is 0 Å². The molecular formula is C22H36N4O4. The summed E-state index contributed by atoms with van der Waals surface area (Å²) in [6.07, 6.45) is 3.31. The molecule has 0 bridgehead atoms. The molecule has 2 saturated heterocycles. The molecule has 8 heteroatoms. The monoisotopic (exact) mass is 420 g/mol. The Kier molecular flexibility index (Phi) is 7.41. The molecule has 1 atom stereocenters. The Morgan fingerprint density at radius 1 is 1.20 bits per heavy atom. The summed E-state index contributed by atoms with van der Waals surface area (Å²) in [5.74, 6) is -0.0466. The number of nitrogens with one attached hydrogen (secondary N) is 1. The number of hydrogen-bond donors (Lipinski definition) is 1. The predicted molar refractivity (Wildman–Crippen MR) is 115 cm³/mol. The van der Waals surface area contributed by atoms with Crippen LogP contribution in [0, 0.1) is 0 Å². The number of carbonyl (C=O) groups excluding carboxylic acids is 2. The van der Waals surface area contributed by atoms with Crippen LogP contribution in [0.25, 0.3) is 0 Å². The zero-order valence-corrected chi connectivity index (χ0v) is 18.7. The topological polar surface area (TPSA) is 76.0 Å². The van der Waals surface area contributed by atoms with Crippen molar-refractivity contribution in [2.75, 3.05) is 45.9 Å². The Labute approximate surface area is 179 Å². The highest BCUT2D eigenvalue weighted by molar-refractivity contribution is 5.92. The van der Waals surface area contributed by atoms with Crippen LogP contribution in [0.4, 0.5) is 4.79 Å². The van der Waals surface area contributed by atoms with E-state index in [0.29, 0.717) is 25.3 Å². The first-order valence-corrected chi connectivity index (χ1v) is 11.0. The summed E-state index contributed by atoms with van der Waals surface area (Å²) in [6, 6.07) is 4.27. The third kappa shape index (κ3) is 5.98. The van der Waals surface area contributed by atoms with Crippen molar-refractivity contribution in [3.63, 3.8) is 0 Å². The maximum Gasteiger partial charge on any atom is 0.410 e. The summed E-state index contributed by atoms with van der Waals surface area (Å²) in [7, 11) is 0. The van der Waals surface area contributed by atoms with Crippen molar-refractivity contribution >= 4 is 12.0 Å². The second-order valence-corrected chi connectivity index (χ2v) is 9.21. The van der Waals surface area contributed by atoms with E-state index >= 15 is 0 Å². The van der Waals surface area contributed by atoms with Gasteiger partial charge in [-0.25, -0.2) is 4.79 Å². The Bertz CT molecular complexity index is 713. The minimum atomic E-state index is -0.488. The lowest BCUT2D eigenvalue weighted by atomic mass is 10.0. The Hall–Kier alpha value is -2.06. The number of nitrogens with zero attached hydrogens (tertiary/aromatic N) is 3. The van der Waals surface area contributed by atoms with E-state index in [-0.39, 0.29) is 24.1 Å². The molecule has 0 radical (unpaired) electrons. The van der Waals surface area contributed by atoms with Gasteiger partial charge >= 0.3 is 6.09 Å². The normalized spacial score (nSPS) is 20.1. The highest BCUT2D eigenvalue weighted by atomic mass is 16.6. The molecule has 2 aliphatic heterocycles. The van der Waals surface area contributed by atoms with Gasteiger partial charge in [0.2, 0.25) is 0 Å². The number of aromatic nitrogens is 1. The summed E-state index contributed by atoms with van der Waals surface area (Å²) < 4.78 is 12.9. The van der Waals surface area contributed by atoms with Gasteiger partial charge in [-0.1, -0.05) is 0 Å². The largest absolute Gasteiger partial charge is 0.444 e. The Morgan fingerprint density at radius 2 is 1.87 bits per heavy atom. The molecule has 3 rings (SSSR count). The second-order valence-electron chi connectivity index (χ2n) is 9.21. The molecule has 2 aliphatic rings. The number of carbonyl (C=O) groups is 2. The molecule has 2 amide bonds. The lowest BCUT2D eigenvalue weighted by Crippen LogP contribution is -2.47. The van der Waals surface area contributed by atoms with E-state index in [9.17, 15) is 9.59 Å². The number of ether oxygens (including phenoxy) is 2. The second kappa shape index (κ2) is 9.83. The molecule has 0 saturated carbocycles. The van der Waals surface area contributed by atoms with Crippen molar-refractivity contribution in [2.24, 2.45) is 0 Å². The van der Waals surface area contributed by atoms with E-state index in [0.717, 1.165) is 39.1 Å². The molecule has 1 unspecified atom stereocenters. The molecule has 0 aliphatic carbocycles. The van der Waals surface area contributed by atoms with Gasteiger partial charge in [0.1, 0.15) is 11.3 Å². The van der Waals surface area contributed by atoms with E-state index in [2.05, 4.69) is 21.7 Å². The minimum Gasteiger partial charge on any atom is -0.444 e. The number of piperidine rings is 1. The molecule has 1 N–H and O–H groups in total. The lowest BCUT2D eigenvalue weighted by Gasteiger charge is -2.34. The fraction of sp³-hybridized carbons (Fsp3) is 0.727. The first-order valence-electron chi connectivity index (χ1n) is 11.0. The third-order valence-corrected chi connectivity index (χ3v) is 5.75. The van der Waals surface area contributed by atoms with Gasteiger partial charge in [0, 0.05) is 51.0 Å². The van der Waals surface area contributed by atoms with Crippen LogP contribution >= 0.6 is 0 Å². The molecule has 0 spiro atoms. The lowest BCUT2D eigenvalue weighted by molar-refractivity contribution is 0.0185. The van der Waals surface area contributed by atoms with Crippen molar-refractivity contribution in [1.29, 1.82) is 0 Å². The van der Waals surface area contributed by atoms with Crippen LogP contribution in [-0.2, 0) is 9.47 Å². The highest BCUT2D eigenvalue weighted by Crippen LogP contribution is 2.25. The molecule has 30 heavy (non-hydrogen) atoms. The zero-order valence-electron chi connectivity index (χ0n) is 18.7. The Balaban J connectivity index is 1.51. The van der Waals surface area contributed by atoms with E-state index in [1.54, 1.807) is 4.90 Å². The summed E-state index contributed by atoms with van der Waals surface area (Å²) >= 11 is 0. The number of morpholine rings is 1. The minimum absolute atomic E-state index is 0.0466. The fourth-order valence-corrected chi connectivity index (χ4v) is 4.04. The maximum absolute atomic E-state index is 12.8. The van der Waals surface area contributed by atoms with E-state index in [1.165, 1.54) is 0 Å². The van der Waals surface area contributed by atoms with Gasteiger partial charge in [0.15, 0.2) is 0 Å². The number of hydrogen-bond acceptors (Lipinski definition) is 5. The average molecular weight is 421 g/mol. The summed E-state index contributed by atoms with van der Waals surface area (Å²) in [4.78, 5) is 29.2. The van der Waals surface area contributed by atoms with Crippen molar-refractivity contribution in [3.05, 3.63) is 24.0 Å². The van der Waals surface area contributed by atoms with Gasteiger partial charge in [-0.05, 0) is 52.7 Å². The first-order chi connectivity index (χ1) is 14.2. The van der Waals surface area contributed by atoms with Crippen LogP contribution in [0.5, 0.6) is 0 Å². The van der Waals surface area contributed by atoms with E-state index < -0.39 is 5.60 Å². The van der Waals surface area contributed by atoms with Crippen molar-refractivity contribution < 1.29 is 19.1 Å². The number of rotatable bonds is 5. The van der Waals surface area contributed by atoms with E-state index in [1.807, 2.05) is 39.1 Å². The highest BCUT2D eigenvalue weighted by Gasteiger charge is 2.29. The standard InChI is InChI=1S/C22H36N4O4/c1-17(24-12-14-29-15-13-24)16-23-20(27)19-6-5-9-26(19)18-7-10-25(11-8-18)21(28)30-22(2,3)4/h5-6,9,17-18H,7-8,10-16H2,1-4H3,(H,23,27). The molecule has 2 fully saturated rings. The molecule has 168 valence electrons. The van der Waals surface area contributed by atoms with Crippen LogP contribution < -0.4 is 5.32 Å². The van der Waals surface area contributed by atoms with Gasteiger partial charge in [0.05, 0.1) is 13.2 Å². The summed E-state index contributed by atoms with van der Waals surface area (Å²) in [5.41, 5.74) is 0.192. The van der Waals surface area contributed by atoms with Gasteiger partial charge in [-0.2, -0.15) is 0 Å². The van der Waals surface area contributed by atoms with Crippen LogP contribution in [0.15, 0.2) is 18.3 Å². The first kappa shape index (κ1) is 22.6. The molecule has 3 heterocycles. The number of amides is 2.